The third-order valence-corrected chi connectivity index (χ3v) is 3.40. The predicted molar refractivity (Wildman–Crippen MR) is 63.8 cm³/mol. The quantitative estimate of drug-likeness (QED) is 0.777. The number of rotatable bonds is 5. The lowest BCUT2D eigenvalue weighted by atomic mass is 9.83. The Kier molecular flexibility index (Phi) is 4.30. The molecule has 0 aliphatic heterocycles. The number of aliphatic hydroxyl groups excluding tert-OH is 1. The van der Waals surface area contributed by atoms with Gasteiger partial charge in [-0.1, -0.05) is 44.2 Å². The molecule has 15 heavy (non-hydrogen) atoms. The molecule has 0 bridgehead atoms. The second-order valence-electron chi connectivity index (χ2n) is 3.93. The molecule has 0 amide bonds. The SMILES string of the molecule is CCC(CC)(NC)[C@H](O)c1ccccc1. The maximum Gasteiger partial charge on any atom is 0.0971 e. The summed E-state index contributed by atoms with van der Waals surface area (Å²) in [6.45, 7) is 4.21. The van der Waals surface area contributed by atoms with E-state index in [4.69, 9.17) is 0 Å². The third kappa shape index (κ3) is 2.39. The first kappa shape index (κ1) is 12.2. The van der Waals surface area contributed by atoms with Gasteiger partial charge in [0.1, 0.15) is 0 Å². The molecule has 0 aliphatic rings. The van der Waals surface area contributed by atoms with Gasteiger partial charge < -0.3 is 10.4 Å². The molecule has 0 fully saturated rings. The van der Waals surface area contributed by atoms with Crippen LogP contribution in [0.4, 0.5) is 0 Å². The summed E-state index contributed by atoms with van der Waals surface area (Å²) < 4.78 is 0. The van der Waals surface area contributed by atoms with Crippen molar-refractivity contribution < 1.29 is 5.11 Å². The van der Waals surface area contributed by atoms with E-state index in [9.17, 15) is 5.11 Å². The van der Waals surface area contributed by atoms with E-state index < -0.39 is 6.10 Å². The van der Waals surface area contributed by atoms with Crippen molar-refractivity contribution in [3.8, 4) is 0 Å². The van der Waals surface area contributed by atoms with Gasteiger partial charge >= 0.3 is 0 Å². The lowest BCUT2D eigenvalue weighted by molar-refractivity contribution is 0.0570. The van der Waals surface area contributed by atoms with Crippen LogP contribution in [0.2, 0.25) is 0 Å². The van der Waals surface area contributed by atoms with Crippen molar-refractivity contribution >= 4 is 0 Å². The summed E-state index contributed by atoms with van der Waals surface area (Å²) in [6.07, 6.45) is 1.38. The van der Waals surface area contributed by atoms with Crippen molar-refractivity contribution in [3.63, 3.8) is 0 Å². The number of likely N-dealkylation sites (N-methyl/N-ethyl adjacent to an activating group) is 1. The largest absolute Gasteiger partial charge is 0.386 e. The highest BCUT2D eigenvalue weighted by atomic mass is 16.3. The Morgan fingerprint density at radius 2 is 1.73 bits per heavy atom. The zero-order valence-corrected chi connectivity index (χ0v) is 9.83. The summed E-state index contributed by atoms with van der Waals surface area (Å²) in [5, 5.41) is 13.6. The van der Waals surface area contributed by atoms with Crippen molar-refractivity contribution in [1.29, 1.82) is 0 Å². The second-order valence-corrected chi connectivity index (χ2v) is 3.93. The van der Waals surface area contributed by atoms with Gasteiger partial charge in [0.05, 0.1) is 6.10 Å². The Labute approximate surface area is 92.3 Å². The number of hydrogen-bond acceptors (Lipinski definition) is 2. The van der Waals surface area contributed by atoms with E-state index in [2.05, 4.69) is 19.2 Å². The van der Waals surface area contributed by atoms with Gasteiger partial charge in [0.25, 0.3) is 0 Å². The maximum atomic E-state index is 10.4. The summed E-state index contributed by atoms with van der Waals surface area (Å²) in [5.74, 6) is 0. The molecule has 0 saturated carbocycles. The molecule has 0 heterocycles. The van der Waals surface area contributed by atoms with E-state index in [0.29, 0.717) is 0 Å². The fourth-order valence-corrected chi connectivity index (χ4v) is 2.08. The molecule has 1 aromatic rings. The number of hydrogen-bond donors (Lipinski definition) is 2. The Balaban J connectivity index is 2.95. The zero-order chi connectivity index (χ0) is 11.3. The lowest BCUT2D eigenvalue weighted by Gasteiger charge is -2.36. The van der Waals surface area contributed by atoms with Crippen molar-refractivity contribution in [2.24, 2.45) is 0 Å². The summed E-state index contributed by atoms with van der Waals surface area (Å²) in [6, 6.07) is 9.84. The molecule has 1 aromatic carbocycles. The topological polar surface area (TPSA) is 32.3 Å². The summed E-state index contributed by atoms with van der Waals surface area (Å²) in [5.41, 5.74) is 0.775. The van der Waals surface area contributed by atoms with Crippen LogP contribution < -0.4 is 5.32 Å². The van der Waals surface area contributed by atoms with Gasteiger partial charge in [0.2, 0.25) is 0 Å². The highest BCUT2D eigenvalue weighted by Crippen LogP contribution is 2.31. The van der Waals surface area contributed by atoms with E-state index in [-0.39, 0.29) is 5.54 Å². The molecule has 0 radical (unpaired) electrons. The Hall–Kier alpha value is -0.860. The van der Waals surface area contributed by atoms with E-state index in [0.717, 1.165) is 18.4 Å². The highest BCUT2D eigenvalue weighted by Gasteiger charge is 2.33. The predicted octanol–water partition coefficient (Wildman–Crippen LogP) is 2.50. The van der Waals surface area contributed by atoms with E-state index in [1.54, 1.807) is 0 Å². The number of aliphatic hydroxyl groups is 1. The second kappa shape index (κ2) is 5.29. The van der Waals surface area contributed by atoms with Gasteiger partial charge in [-0.15, -0.1) is 0 Å². The Morgan fingerprint density at radius 3 is 2.13 bits per heavy atom. The molecule has 0 spiro atoms. The average molecular weight is 207 g/mol. The average Bonchev–Trinajstić information content (AvgIpc) is 2.33. The van der Waals surface area contributed by atoms with Crippen molar-refractivity contribution in [1.82, 2.24) is 5.32 Å². The van der Waals surface area contributed by atoms with Gasteiger partial charge in [-0.2, -0.15) is 0 Å². The van der Waals surface area contributed by atoms with Crippen molar-refractivity contribution in [2.45, 2.75) is 38.3 Å². The van der Waals surface area contributed by atoms with Crippen LogP contribution in [0.15, 0.2) is 30.3 Å². The molecular weight excluding hydrogens is 186 g/mol. The molecule has 0 saturated heterocycles. The molecular formula is C13H21NO. The van der Waals surface area contributed by atoms with Crippen molar-refractivity contribution in [2.75, 3.05) is 7.05 Å². The van der Waals surface area contributed by atoms with E-state index in [1.807, 2.05) is 37.4 Å². The third-order valence-electron chi connectivity index (χ3n) is 3.40. The van der Waals surface area contributed by atoms with Gasteiger partial charge in [-0.3, -0.25) is 0 Å². The summed E-state index contributed by atoms with van der Waals surface area (Å²) in [4.78, 5) is 0. The van der Waals surface area contributed by atoms with Crippen LogP contribution in [0.25, 0.3) is 0 Å². The fraction of sp³-hybridized carbons (Fsp3) is 0.538. The van der Waals surface area contributed by atoms with Crippen LogP contribution in [-0.4, -0.2) is 17.7 Å². The number of benzene rings is 1. The van der Waals surface area contributed by atoms with Gasteiger partial charge in [-0.05, 0) is 25.5 Å². The minimum atomic E-state index is -0.446. The highest BCUT2D eigenvalue weighted by molar-refractivity contribution is 5.21. The van der Waals surface area contributed by atoms with Crippen LogP contribution in [0.5, 0.6) is 0 Å². The normalized spacial score (nSPS) is 13.9. The van der Waals surface area contributed by atoms with Crippen LogP contribution in [0.1, 0.15) is 38.4 Å². The fourth-order valence-electron chi connectivity index (χ4n) is 2.08. The van der Waals surface area contributed by atoms with Crippen LogP contribution in [0, 0.1) is 0 Å². The molecule has 0 unspecified atom stereocenters. The molecule has 1 rings (SSSR count). The standard InChI is InChI=1S/C13H21NO/c1-4-13(5-2,14-3)12(15)11-9-7-6-8-10-11/h6-10,12,14-15H,4-5H2,1-3H3/t12-/m1/s1. The van der Waals surface area contributed by atoms with Gasteiger partial charge in [0, 0.05) is 5.54 Å². The molecule has 0 aromatic heterocycles. The Morgan fingerprint density at radius 1 is 1.20 bits per heavy atom. The first-order chi connectivity index (χ1) is 7.20. The van der Waals surface area contributed by atoms with Crippen molar-refractivity contribution in [3.05, 3.63) is 35.9 Å². The molecule has 1 atom stereocenters. The first-order valence-electron chi connectivity index (χ1n) is 5.62. The van der Waals surface area contributed by atoms with Gasteiger partial charge in [0.15, 0.2) is 0 Å². The monoisotopic (exact) mass is 207 g/mol. The van der Waals surface area contributed by atoms with Crippen LogP contribution in [0.3, 0.4) is 0 Å². The van der Waals surface area contributed by atoms with Gasteiger partial charge in [-0.25, -0.2) is 0 Å². The summed E-state index contributed by atoms with van der Waals surface area (Å²) >= 11 is 0. The molecule has 2 heteroatoms. The molecule has 2 N–H and O–H groups in total. The molecule has 0 aliphatic carbocycles. The minimum absolute atomic E-state index is 0.207. The van der Waals surface area contributed by atoms with Crippen LogP contribution in [-0.2, 0) is 0 Å². The minimum Gasteiger partial charge on any atom is -0.386 e. The maximum absolute atomic E-state index is 10.4. The smallest absolute Gasteiger partial charge is 0.0971 e. The Bertz CT molecular complexity index is 272. The lowest BCUT2D eigenvalue weighted by Crippen LogP contribution is -2.47. The summed E-state index contributed by atoms with van der Waals surface area (Å²) in [7, 11) is 1.92. The molecule has 2 nitrogen and oxygen atoms in total. The molecule has 84 valence electrons. The zero-order valence-electron chi connectivity index (χ0n) is 9.83. The van der Waals surface area contributed by atoms with Crippen LogP contribution >= 0.6 is 0 Å². The first-order valence-corrected chi connectivity index (χ1v) is 5.62. The number of nitrogens with one attached hydrogen (secondary N) is 1. The van der Waals surface area contributed by atoms with E-state index >= 15 is 0 Å². The van der Waals surface area contributed by atoms with E-state index in [1.165, 1.54) is 0 Å².